The number of aromatic nitrogens is 2. The van der Waals surface area contributed by atoms with Gasteiger partial charge in [-0.15, -0.1) is 0 Å². The van der Waals surface area contributed by atoms with Crippen molar-refractivity contribution in [2.75, 3.05) is 26.2 Å². The van der Waals surface area contributed by atoms with Crippen molar-refractivity contribution in [3.05, 3.63) is 47.0 Å². The van der Waals surface area contributed by atoms with E-state index >= 15 is 0 Å². The van der Waals surface area contributed by atoms with Gasteiger partial charge in [0.25, 0.3) is 5.91 Å². The molecule has 0 aliphatic rings. The van der Waals surface area contributed by atoms with Crippen LogP contribution in [-0.2, 0) is 0 Å². The molecular weight excluding hydrogens is 406 g/mol. The van der Waals surface area contributed by atoms with Crippen LogP contribution in [0.3, 0.4) is 0 Å². The van der Waals surface area contributed by atoms with Crippen molar-refractivity contribution in [3.63, 3.8) is 0 Å². The Morgan fingerprint density at radius 3 is 2.44 bits per heavy atom. The summed E-state index contributed by atoms with van der Waals surface area (Å²) < 4.78 is 8.07. The first-order valence-corrected chi connectivity index (χ1v) is 10.6. The first-order chi connectivity index (χ1) is 13.2. The first kappa shape index (κ1) is 21.6. The Morgan fingerprint density at radius 1 is 1.15 bits per heavy atom. The van der Waals surface area contributed by atoms with Crippen LogP contribution in [0.5, 0.6) is 5.75 Å². The van der Waals surface area contributed by atoms with E-state index in [0.29, 0.717) is 12.2 Å². The van der Waals surface area contributed by atoms with Crippen LogP contribution >= 0.6 is 15.9 Å². The second-order valence-corrected chi connectivity index (χ2v) is 7.52. The number of nitrogens with zero attached hydrogens (tertiary/aromatic N) is 3. The normalized spacial score (nSPS) is 11.1. The molecule has 0 saturated heterocycles. The molecule has 0 N–H and O–H groups in total. The van der Waals surface area contributed by atoms with Gasteiger partial charge in [0.15, 0.2) is 0 Å². The Bertz CT molecular complexity index is 681. The van der Waals surface area contributed by atoms with Gasteiger partial charge in [-0.25, -0.2) is 4.98 Å². The standard InChI is InChI=1S/C21H30BrN3O2/c1-3-5-11-24(12-6-4-2)13-7-15-27-18-8-9-19(20(22)16-18)21(26)25-14-10-23-17-25/h8-10,14,16-17H,3-7,11-13,15H2,1-2H3. The topological polar surface area (TPSA) is 47.4 Å². The van der Waals surface area contributed by atoms with Gasteiger partial charge < -0.3 is 9.64 Å². The summed E-state index contributed by atoms with van der Waals surface area (Å²) in [5.41, 5.74) is 0.589. The van der Waals surface area contributed by atoms with Gasteiger partial charge in [-0.05, 0) is 66.5 Å². The largest absolute Gasteiger partial charge is 0.494 e. The second-order valence-electron chi connectivity index (χ2n) is 6.67. The molecule has 0 bridgehead atoms. The lowest BCUT2D eigenvalue weighted by atomic mass is 10.2. The molecule has 1 aromatic carbocycles. The second kappa shape index (κ2) is 11.9. The van der Waals surface area contributed by atoms with E-state index in [1.54, 1.807) is 18.5 Å². The van der Waals surface area contributed by atoms with Crippen molar-refractivity contribution < 1.29 is 9.53 Å². The van der Waals surface area contributed by atoms with Crippen LogP contribution in [0.15, 0.2) is 41.4 Å². The van der Waals surface area contributed by atoms with Crippen molar-refractivity contribution in [2.45, 2.75) is 46.0 Å². The molecule has 148 valence electrons. The van der Waals surface area contributed by atoms with E-state index in [-0.39, 0.29) is 5.91 Å². The Morgan fingerprint density at radius 2 is 1.85 bits per heavy atom. The molecule has 5 nitrogen and oxygen atoms in total. The highest BCUT2D eigenvalue weighted by Crippen LogP contribution is 2.24. The maximum Gasteiger partial charge on any atom is 0.264 e. The molecule has 0 fully saturated rings. The van der Waals surface area contributed by atoms with Gasteiger partial charge in [-0.1, -0.05) is 26.7 Å². The third kappa shape index (κ3) is 7.11. The fourth-order valence-corrected chi connectivity index (χ4v) is 3.38. The number of unbranched alkanes of at least 4 members (excludes halogenated alkanes) is 2. The van der Waals surface area contributed by atoms with Crippen molar-refractivity contribution in [1.29, 1.82) is 0 Å². The number of hydrogen-bond donors (Lipinski definition) is 0. The van der Waals surface area contributed by atoms with Gasteiger partial charge in [-0.2, -0.15) is 0 Å². The van der Waals surface area contributed by atoms with Crippen LogP contribution in [-0.4, -0.2) is 46.6 Å². The maximum absolute atomic E-state index is 12.4. The highest BCUT2D eigenvalue weighted by molar-refractivity contribution is 9.10. The van der Waals surface area contributed by atoms with Crippen LogP contribution in [0, 0.1) is 0 Å². The number of hydrogen-bond acceptors (Lipinski definition) is 4. The molecule has 0 aliphatic heterocycles. The number of imidazole rings is 1. The molecule has 1 heterocycles. The summed E-state index contributed by atoms with van der Waals surface area (Å²) in [5, 5.41) is 0. The van der Waals surface area contributed by atoms with Crippen molar-refractivity contribution in [1.82, 2.24) is 14.5 Å². The molecule has 2 aromatic rings. The molecule has 2 rings (SSSR count). The Balaban J connectivity index is 1.82. The van der Waals surface area contributed by atoms with Gasteiger partial charge in [-0.3, -0.25) is 9.36 Å². The predicted octanol–water partition coefficient (Wildman–Crippen LogP) is 5.01. The van der Waals surface area contributed by atoms with E-state index in [0.717, 1.165) is 23.2 Å². The van der Waals surface area contributed by atoms with Crippen molar-refractivity contribution in [2.24, 2.45) is 0 Å². The monoisotopic (exact) mass is 435 g/mol. The summed E-state index contributed by atoms with van der Waals surface area (Å²) in [7, 11) is 0. The van der Waals surface area contributed by atoms with Crippen LogP contribution < -0.4 is 4.74 Å². The lowest BCUT2D eigenvalue weighted by Gasteiger charge is -2.21. The third-order valence-corrected chi connectivity index (χ3v) is 5.11. The number of carbonyl (C=O) groups excluding carboxylic acids is 1. The summed E-state index contributed by atoms with van der Waals surface area (Å²) in [6, 6.07) is 5.49. The SMILES string of the molecule is CCCCN(CCCC)CCCOc1ccc(C(=O)n2ccnc2)c(Br)c1. The number of carbonyl (C=O) groups is 1. The molecule has 0 amide bonds. The van der Waals surface area contributed by atoms with Gasteiger partial charge in [0.05, 0.1) is 12.2 Å². The van der Waals surface area contributed by atoms with Crippen molar-refractivity contribution in [3.8, 4) is 5.75 Å². The minimum absolute atomic E-state index is 0.117. The smallest absolute Gasteiger partial charge is 0.264 e. The molecule has 1 aromatic heterocycles. The zero-order valence-corrected chi connectivity index (χ0v) is 18.0. The summed E-state index contributed by atoms with van der Waals surface area (Å²) in [6.45, 7) is 8.56. The highest BCUT2D eigenvalue weighted by Gasteiger charge is 2.12. The summed E-state index contributed by atoms with van der Waals surface area (Å²) in [5.74, 6) is 0.658. The zero-order valence-electron chi connectivity index (χ0n) is 16.4. The average Bonchev–Trinajstić information content (AvgIpc) is 3.21. The zero-order chi connectivity index (χ0) is 19.5. The minimum Gasteiger partial charge on any atom is -0.494 e. The molecule has 0 aliphatic carbocycles. The quantitative estimate of drug-likeness (QED) is 0.439. The van der Waals surface area contributed by atoms with Gasteiger partial charge in [0.2, 0.25) is 0 Å². The number of benzene rings is 1. The van der Waals surface area contributed by atoms with E-state index < -0.39 is 0 Å². The van der Waals surface area contributed by atoms with Crippen LogP contribution in [0.4, 0.5) is 0 Å². The Kier molecular flexibility index (Phi) is 9.56. The van der Waals surface area contributed by atoms with E-state index in [1.807, 2.05) is 12.1 Å². The van der Waals surface area contributed by atoms with E-state index in [2.05, 4.69) is 39.7 Å². The van der Waals surface area contributed by atoms with Crippen LogP contribution in [0.1, 0.15) is 56.3 Å². The van der Waals surface area contributed by atoms with Crippen molar-refractivity contribution >= 4 is 21.8 Å². The molecule has 0 saturated carbocycles. The van der Waals surface area contributed by atoms with Gasteiger partial charge in [0.1, 0.15) is 12.1 Å². The highest BCUT2D eigenvalue weighted by atomic mass is 79.9. The summed E-state index contributed by atoms with van der Waals surface area (Å²) in [6.07, 6.45) is 10.7. The molecule has 27 heavy (non-hydrogen) atoms. The minimum atomic E-state index is -0.117. The molecule has 0 radical (unpaired) electrons. The average molecular weight is 436 g/mol. The van der Waals surface area contributed by atoms with E-state index in [9.17, 15) is 4.79 Å². The van der Waals surface area contributed by atoms with Gasteiger partial charge >= 0.3 is 0 Å². The van der Waals surface area contributed by atoms with Crippen LogP contribution in [0.25, 0.3) is 0 Å². The molecule has 0 atom stereocenters. The lowest BCUT2D eigenvalue weighted by Crippen LogP contribution is -2.28. The summed E-state index contributed by atoms with van der Waals surface area (Å²) >= 11 is 3.48. The molecule has 6 heteroatoms. The number of halogens is 1. The van der Waals surface area contributed by atoms with E-state index in [4.69, 9.17) is 4.74 Å². The molecular formula is C21H30BrN3O2. The fraction of sp³-hybridized carbons (Fsp3) is 0.524. The first-order valence-electron chi connectivity index (χ1n) is 9.83. The molecule has 0 unspecified atom stereocenters. The van der Waals surface area contributed by atoms with Crippen LogP contribution in [0.2, 0.25) is 0 Å². The number of ether oxygens (including phenoxy) is 1. The maximum atomic E-state index is 12.4. The predicted molar refractivity (Wildman–Crippen MR) is 112 cm³/mol. The lowest BCUT2D eigenvalue weighted by molar-refractivity contribution is 0.0959. The third-order valence-electron chi connectivity index (χ3n) is 4.45. The number of rotatable bonds is 12. The van der Waals surface area contributed by atoms with E-state index in [1.165, 1.54) is 49.7 Å². The summed E-state index contributed by atoms with van der Waals surface area (Å²) in [4.78, 5) is 18.9. The fourth-order valence-electron chi connectivity index (χ4n) is 2.85. The molecule has 0 spiro atoms. The Labute approximate surface area is 170 Å². The Hall–Kier alpha value is -1.66. The van der Waals surface area contributed by atoms with Gasteiger partial charge in [0, 0.05) is 23.4 Å².